The summed E-state index contributed by atoms with van der Waals surface area (Å²) in [5.74, 6) is 0.988. The van der Waals surface area contributed by atoms with Crippen LogP contribution in [0.4, 0.5) is 0 Å². The Labute approximate surface area is 185 Å². The molecule has 0 aromatic heterocycles. The van der Waals surface area contributed by atoms with E-state index in [1.54, 1.807) is 16.7 Å². The van der Waals surface area contributed by atoms with E-state index in [1.165, 1.54) is 16.7 Å². The summed E-state index contributed by atoms with van der Waals surface area (Å²) in [5.41, 5.74) is 5.87. The highest BCUT2D eigenvalue weighted by molar-refractivity contribution is 7.99. The zero-order valence-electron chi connectivity index (χ0n) is 19.0. The van der Waals surface area contributed by atoms with Gasteiger partial charge in [-0.3, -0.25) is 9.59 Å². The Kier molecular flexibility index (Phi) is 8.97. The van der Waals surface area contributed by atoms with E-state index in [9.17, 15) is 9.59 Å². The van der Waals surface area contributed by atoms with E-state index in [4.69, 9.17) is 0 Å². The van der Waals surface area contributed by atoms with Crippen LogP contribution in [0.2, 0.25) is 0 Å². The van der Waals surface area contributed by atoms with Gasteiger partial charge in [0.05, 0.1) is 5.75 Å². The highest BCUT2D eigenvalue weighted by atomic mass is 32.2. The number of hydrogen-bond donors (Lipinski definition) is 1. The maximum Gasteiger partial charge on any atom is 0.242 e. The molecule has 2 amide bonds. The van der Waals surface area contributed by atoms with Gasteiger partial charge < -0.3 is 10.2 Å². The molecule has 2 aromatic carbocycles. The molecule has 30 heavy (non-hydrogen) atoms. The second-order valence-electron chi connectivity index (χ2n) is 8.28. The van der Waals surface area contributed by atoms with E-state index in [-0.39, 0.29) is 17.9 Å². The first-order valence-corrected chi connectivity index (χ1v) is 11.6. The fourth-order valence-corrected chi connectivity index (χ4v) is 4.30. The molecule has 0 bridgehead atoms. The molecule has 0 aliphatic rings. The smallest absolute Gasteiger partial charge is 0.242 e. The second-order valence-corrected chi connectivity index (χ2v) is 9.26. The van der Waals surface area contributed by atoms with Gasteiger partial charge in [0.1, 0.15) is 6.04 Å². The van der Waals surface area contributed by atoms with Crippen molar-refractivity contribution >= 4 is 23.6 Å². The lowest BCUT2D eigenvalue weighted by Crippen LogP contribution is -2.49. The number of carbonyl (C=O) groups is 2. The molecule has 0 aliphatic carbocycles. The molecule has 162 valence electrons. The van der Waals surface area contributed by atoms with Crippen LogP contribution >= 0.6 is 11.8 Å². The first-order chi connectivity index (χ1) is 14.2. The third kappa shape index (κ3) is 7.21. The number of aryl methyl sites for hydroxylation is 3. The Morgan fingerprint density at radius 1 is 1.00 bits per heavy atom. The van der Waals surface area contributed by atoms with Crippen molar-refractivity contribution in [3.63, 3.8) is 0 Å². The second kappa shape index (κ2) is 11.2. The number of rotatable bonds is 9. The molecular formula is C25H34N2O2S. The van der Waals surface area contributed by atoms with Gasteiger partial charge >= 0.3 is 0 Å². The topological polar surface area (TPSA) is 49.4 Å². The summed E-state index contributed by atoms with van der Waals surface area (Å²) in [6.07, 6.45) is 0. The summed E-state index contributed by atoms with van der Waals surface area (Å²) in [5, 5.41) is 2.93. The third-order valence-corrected chi connectivity index (χ3v) is 5.96. The minimum absolute atomic E-state index is 0.0148. The molecule has 2 aromatic rings. The lowest BCUT2D eigenvalue weighted by atomic mass is 10.1. The number of thioether (sulfide) groups is 1. The molecule has 0 fully saturated rings. The zero-order valence-corrected chi connectivity index (χ0v) is 19.8. The summed E-state index contributed by atoms with van der Waals surface area (Å²) in [6, 6.07) is 14.0. The van der Waals surface area contributed by atoms with E-state index in [2.05, 4.69) is 37.4 Å². The lowest BCUT2D eigenvalue weighted by Gasteiger charge is -2.30. The van der Waals surface area contributed by atoms with Crippen LogP contribution in [0.15, 0.2) is 42.5 Å². The maximum atomic E-state index is 13.1. The van der Waals surface area contributed by atoms with E-state index in [0.717, 1.165) is 16.9 Å². The van der Waals surface area contributed by atoms with Crippen molar-refractivity contribution in [2.45, 2.75) is 65.9 Å². The van der Waals surface area contributed by atoms with Gasteiger partial charge in [-0.15, -0.1) is 11.8 Å². The van der Waals surface area contributed by atoms with Crippen LogP contribution in [-0.4, -0.2) is 34.6 Å². The Hall–Kier alpha value is -2.27. The molecule has 2 rings (SSSR count). The molecule has 0 radical (unpaired) electrons. The van der Waals surface area contributed by atoms with Crippen molar-refractivity contribution in [2.75, 3.05) is 5.75 Å². The van der Waals surface area contributed by atoms with E-state index in [1.807, 2.05) is 52.0 Å². The Bertz CT molecular complexity index is 859. The van der Waals surface area contributed by atoms with Gasteiger partial charge in [-0.25, -0.2) is 0 Å². The number of nitrogens with one attached hydrogen (secondary N) is 1. The Morgan fingerprint density at radius 2 is 1.63 bits per heavy atom. The van der Waals surface area contributed by atoms with E-state index < -0.39 is 6.04 Å². The molecule has 0 heterocycles. The Balaban J connectivity index is 2.10. The first kappa shape index (κ1) is 24.0. The monoisotopic (exact) mass is 426 g/mol. The minimum atomic E-state index is -0.527. The SMILES string of the molecule is Cc1cc(C)cc(CSCC(=O)N(Cc2ccccc2C)[C@H](C)C(=O)NC(C)C)c1. The molecule has 1 atom stereocenters. The van der Waals surface area contributed by atoms with E-state index in [0.29, 0.717) is 12.3 Å². The number of benzene rings is 2. The van der Waals surface area contributed by atoms with Crippen molar-refractivity contribution in [1.82, 2.24) is 10.2 Å². The predicted octanol–water partition coefficient (Wildman–Crippen LogP) is 4.79. The number of amides is 2. The van der Waals surface area contributed by atoms with Crippen molar-refractivity contribution in [2.24, 2.45) is 0 Å². The van der Waals surface area contributed by atoms with Crippen LogP contribution in [0.5, 0.6) is 0 Å². The molecule has 4 nitrogen and oxygen atoms in total. The van der Waals surface area contributed by atoms with Crippen LogP contribution in [-0.2, 0) is 21.9 Å². The fraction of sp³-hybridized carbons (Fsp3) is 0.440. The number of carbonyl (C=O) groups excluding carboxylic acids is 2. The molecule has 0 saturated heterocycles. The fourth-order valence-electron chi connectivity index (χ4n) is 3.45. The predicted molar refractivity (Wildman–Crippen MR) is 127 cm³/mol. The molecular weight excluding hydrogens is 392 g/mol. The molecule has 0 saturated carbocycles. The van der Waals surface area contributed by atoms with Crippen molar-refractivity contribution in [3.8, 4) is 0 Å². The van der Waals surface area contributed by atoms with Crippen LogP contribution in [0.25, 0.3) is 0 Å². The van der Waals surface area contributed by atoms with Crippen molar-refractivity contribution in [1.29, 1.82) is 0 Å². The van der Waals surface area contributed by atoms with Crippen LogP contribution in [0.1, 0.15) is 48.6 Å². The van der Waals surface area contributed by atoms with Gasteiger partial charge in [0, 0.05) is 18.3 Å². The normalized spacial score (nSPS) is 12.0. The molecule has 0 aliphatic heterocycles. The van der Waals surface area contributed by atoms with Crippen molar-refractivity contribution < 1.29 is 9.59 Å². The molecule has 0 spiro atoms. The molecule has 5 heteroatoms. The number of nitrogens with zero attached hydrogens (tertiary/aromatic N) is 1. The average Bonchev–Trinajstić information content (AvgIpc) is 2.65. The Morgan fingerprint density at radius 3 is 2.23 bits per heavy atom. The lowest BCUT2D eigenvalue weighted by molar-refractivity contribution is -0.138. The van der Waals surface area contributed by atoms with Crippen LogP contribution in [0, 0.1) is 20.8 Å². The first-order valence-electron chi connectivity index (χ1n) is 10.5. The van der Waals surface area contributed by atoms with Crippen LogP contribution in [0.3, 0.4) is 0 Å². The van der Waals surface area contributed by atoms with E-state index >= 15 is 0 Å². The van der Waals surface area contributed by atoms with Gasteiger partial charge in [-0.1, -0.05) is 53.6 Å². The van der Waals surface area contributed by atoms with Crippen LogP contribution < -0.4 is 5.32 Å². The summed E-state index contributed by atoms with van der Waals surface area (Å²) in [6.45, 7) is 12.3. The van der Waals surface area contributed by atoms with Gasteiger partial charge in [-0.2, -0.15) is 0 Å². The summed E-state index contributed by atoms with van der Waals surface area (Å²) < 4.78 is 0. The van der Waals surface area contributed by atoms with Gasteiger partial charge in [0.15, 0.2) is 0 Å². The van der Waals surface area contributed by atoms with Gasteiger partial charge in [-0.05, 0) is 58.2 Å². The highest BCUT2D eigenvalue weighted by Gasteiger charge is 2.26. The molecule has 1 N–H and O–H groups in total. The quantitative estimate of drug-likeness (QED) is 0.627. The molecule has 0 unspecified atom stereocenters. The average molecular weight is 427 g/mol. The number of hydrogen-bond acceptors (Lipinski definition) is 3. The highest BCUT2D eigenvalue weighted by Crippen LogP contribution is 2.19. The van der Waals surface area contributed by atoms with Gasteiger partial charge in [0.25, 0.3) is 0 Å². The minimum Gasteiger partial charge on any atom is -0.352 e. The standard InChI is InChI=1S/C25H34N2O2S/c1-17(2)26-25(29)21(6)27(14-23-10-8-7-9-20(23)5)24(28)16-30-15-22-12-18(3)11-19(4)13-22/h7-13,17,21H,14-16H2,1-6H3,(H,26,29)/t21-/m1/s1. The zero-order chi connectivity index (χ0) is 22.3. The maximum absolute atomic E-state index is 13.1. The summed E-state index contributed by atoms with van der Waals surface area (Å²) in [7, 11) is 0. The summed E-state index contributed by atoms with van der Waals surface area (Å²) in [4.78, 5) is 27.5. The largest absolute Gasteiger partial charge is 0.352 e. The van der Waals surface area contributed by atoms with Gasteiger partial charge in [0.2, 0.25) is 11.8 Å². The summed E-state index contributed by atoms with van der Waals surface area (Å²) >= 11 is 1.60. The van der Waals surface area contributed by atoms with Crippen molar-refractivity contribution in [3.05, 3.63) is 70.3 Å². The third-order valence-electron chi connectivity index (χ3n) is 4.98.